The third-order valence-corrected chi connectivity index (χ3v) is 5.90. The number of imidazole rings is 1. The molecule has 0 aliphatic carbocycles. The van der Waals surface area contributed by atoms with Gasteiger partial charge in [0.25, 0.3) is 11.1 Å². The Morgan fingerprint density at radius 3 is 2.21 bits per heavy atom. The minimum Gasteiger partial charge on any atom is -0.494 e. The van der Waals surface area contributed by atoms with Crippen molar-refractivity contribution in [3.8, 4) is 5.88 Å². The summed E-state index contributed by atoms with van der Waals surface area (Å²) in [5.41, 5.74) is -0.707. The molecule has 10 heteroatoms. The van der Waals surface area contributed by atoms with Gasteiger partial charge in [0.2, 0.25) is 11.7 Å². The first-order valence-electron chi connectivity index (χ1n) is 11.1. The number of hydrogen-bond acceptors (Lipinski definition) is 5. The van der Waals surface area contributed by atoms with E-state index in [1.54, 1.807) is 26.0 Å². The number of nitrogens with zero attached hydrogens (tertiary/aromatic N) is 5. The Bertz CT molecular complexity index is 1530. The summed E-state index contributed by atoms with van der Waals surface area (Å²) in [6, 6.07) is 5.76. The minimum absolute atomic E-state index is 0.00362. The summed E-state index contributed by atoms with van der Waals surface area (Å²) in [6.45, 7) is 5.90. The lowest BCUT2D eigenvalue weighted by Gasteiger charge is -2.14. The van der Waals surface area contributed by atoms with Crippen LogP contribution in [0, 0.1) is 5.82 Å². The molecule has 0 saturated carbocycles. The maximum absolute atomic E-state index is 13.5. The van der Waals surface area contributed by atoms with Crippen molar-refractivity contribution in [2.24, 2.45) is 0 Å². The van der Waals surface area contributed by atoms with E-state index >= 15 is 0 Å². The van der Waals surface area contributed by atoms with Crippen LogP contribution >= 0.6 is 0 Å². The van der Waals surface area contributed by atoms with E-state index in [4.69, 9.17) is 0 Å². The predicted molar refractivity (Wildman–Crippen MR) is 123 cm³/mol. The standard InChI is InChI=1S/C23H26FN5O4/c1-4-7-8-16-19(30)28(13-14-9-11-15(24)12-10-14)22-25-18-17(29(22)20(16)31)21(32)27(6-3)23(33)26(18)5-2/h9-12,30H,4-8,13H2,1-3H3. The van der Waals surface area contributed by atoms with Crippen molar-refractivity contribution in [3.05, 3.63) is 72.4 Å². The van der Waals surface area contributed by atoms with Crippen molar-refractivity contribution in [3.63, 3.8) is 0 Å². The largest absolute Gasteiger partial charge is 0.494 e. The van der Waals surface area contributed by atoms with Crippen molar-refractivity contribution < 1.29 is 9.50 Å². The molecule has 0 aliphatic heterocycles. The van der Waals surface area contributed by atoms with E-state index in [2.05, 4.69) is 4.98 Å². The highest BCUT2D eigenvalue weighted by Crippen LogP contribution is 2.23. The Kier molecular flexibility index (Phi) is 5.92. The van der Waals surface area contributed by atoms with Gasteiger partial charge in [-0.3, -0.25) is 23.3 Å². The SMILES string of the molecule is CCCCc1c(O)n(Cc2ccc(F)cc2)c2nc3c(c(=O)n(CC)c(=O)n3CC)n2c1=O. The Labute approximate surface area is 188 Å². The maximum Gasteiger partial charge on any atom is 0.332 e. The average molecular weight is 455 g/mol. The zero-order valence-corrected chi connectivity index (χ0v) is 18.8. The van der Waals surface area contributed by atoms with E-state index in [0.717, 1.165) is 11.0 Å². The van der Waals surface area contributed by atoms with Gasteiger partial charge in [-0.1, -0.05) is 25.5 Å². The van der Waals surface area contributed by atoms with Crippen LogP contribution in [0.5, 0.6) is 5.88 Å². The lowest BCUT2D eigenvalue weighted by Crippen LogP contribution is -2.40. The number of aromatic hydroxyl groups is 1. The monoisotopic (exact) mass is 455 g/mol. The first-order valence-corrected chi connectivity index (χ1v) is 11.1. The number of hydrogen-bond donors (Lipinski definition) is 1. The summed E-state index contributed by atoms with van der Waals surface area (Å²) in [5.74, 6) is -0.596. The second kappa shape index (κ2) is 8.68. The van der Waals surface area contributed by atoms with Crippen molar-refractivity contribution in [2.75, 3.05) is 0 Å². The third kappa shape index (κ3) is 3.55. The highest BCUT2D eigenvalue weighted by molar-refractivity contribution is 5.75. The summed E-state index contributed by atoms with van der Waals surface area (Å²) in [7, 11) is 0. The molecular weight excluding hydrogens is 429 g/mol. The lowest BCUT2D eigenvalue weighted by molar-refractivity contribution is 0.410. The number of aromatic nitrogens is 5. The molecule has 0 atom stereocenters. The lowest BCUT2D eigenvalue weighted by atomic mass is 10.1. The highest BCUT2D eigenvalue weighted by Gasteiger charge is 2.24. The van der Waals surface area contributed by atoms with Gasteiger partial charge < -0.3 is 5.11 Å². The average Bonchev–Trinajstić information content (AvgIpc) is 3.19. The number of fused-ring (bicyclic) bond motifs is 3. The van der Waals surface area contributed by atoms with E-state index in [0.29, 0.717) is 18.4 Å². The van der Waals surface area contributed by atoms with E-state index in [1.165, 1.54) is 25.7 Å². The first-order chi connectivity index (χ1) is 15.8. The molecule has 4 aromatic rings. The fourth-order valence-electron chi connectivity index (χ4n) is 4.14. The predicted octanol–water partition coefficient (Wildman–Crippen LogP) is 2.25. The van der Waals surface area contributed by atoms with Gasteiger partial charge in [-0.05, 0) is 44.4 Å². The van der Waals surface area contributed by atoms with Gasteiger partial charge in [0.1, 0.15) is 5.82 Å². The van der Waals surface area contributed by atoms with Gasteiger partial charge in [0, 0.05) is 13.1 Å². The summed E-state index contributed by atoms with van der Waals surface area (Å²) >= 11 is 0. The molecular formula is C23H26FN5O4. The summed E-state index contributed by atoms with van der Waals surface area (Å²) in [5, 5.41) is 11.1. The van der Waals surface area contributed by atoms with Crippen molar-refractivity contribution in [1.29, 1.82) is 0 Å². The Hall–Kier alpha value is -3.69. The fraction of sp³-hybridized carbons (Fsp3) is 0.391. The first kappa shape index (κ1) is 22.5. The highest BCUT2D eigenvalue weighted by atomic mass is 19.1. The van der Waals surface area contributed by atoms with E-state index in [9.17, 15) is 23.9 Å². The molecule has 0 unspecified atom stereocenters. The van der Waals surface area contributed by atoms with Gasteiger partial charge in [-0.15, -0.1) is 0 Å². The van der Waals surface area contributed by atoms with Crippen LogP contribution < -0.4 is 16.8 Å². The van der Waals surface area contributed by atoms with Gasteiger partial charge in [-0.25, -0.2) is 13.6 Å². The van der Waals surface area contributed by atoms with Crippen LogP contribution in [-0.2, 0) is 26.1 Å². The molecule has 174 valence electrons. The summed E-state index contributed by atoms with van der Waals surface area (Å²) in [6.07, 6.45) is 1.78. The molecule has 0 radical (unpaired) electrons. The maximum atomic E-state index is 13.5. The molecule has 0 spiro atoms. The Morgan fingerprint density at radius 1 is 0.939 bits per heavy atom. The van der Waals surface area contributed by atoms with Gasteiger partial charge in [0.15, 0.2) is 11.2 Å². The number of benzene rings is 1. The zero-order chi connectivity index (χ0) is 23.9. The Balaban J connectivity index is 2.17. The molecule has 0 bridgehead atoms. The van der Waals surface area contributed by atoms with Gasteiger partial charge >= 0.3 is 5.69 Å². The number of unbranched alkanes of at least 4 members (excludes halogenated alkanes) is 1. The number of aryl methyl sites for hydroxylation is 1. The normalized spacial score (nSPS) is 11.6. The molecule has 9 nitrogen and oxygen atoms in total. The van der Waals surface area contributed by atoms with Crippen LogP contribution in [0.2, 0.25) is 0 Å². The summed E-state index contributed by atoms with van der Waals surface area (Å²) in [4.78, 5) is 44.0. The van der Waals surface area contributed by atoms with E-state index < -0.39 is 22.6 Å². The second-order valence-electron chi connectivity index (χ2n) is 7.92. The molecule has 0 fully saturated rings. The number of halogens is 1. The Morgan fingerprint density at radius 2 is 1.61 bits per heavy atom. The van der Waals surface area contributed by atoms with Gasteiger partial charge in [-0.2, -0.15) is 4.98 Å². The third-order valence-electron chi connectivity index (χ3n) is 5.90. The molecule has 0 amide bonds. The van der Waals surface area contributed by atoms with Crippen molar-refractivity contribution in [2.45, 2.75) is 59.7 Å². The second-order valence-corrected chi connectivity index (χ2v) is 7.92. The van der Waals surface area contributed by atoms with E-state index in [1.807, 2.05) is 6.92 Å². The van der Waals surface area contributed by atoms with Crippen LogP contribution in [0.4, 0.5) is 4.39 Å². The minimum atomic E-state index is -0.604. The molecule has 1 N–H and O–H groups in total. The van der Waals surface area contributed by atoms with Crippen LogP contribution in [-0.4, -0.2) is 28.2 Å². The van der Waals surface area contributed by atoms with Crippen molar-refractivity contribution >= 4 is 16.9 Å². The molecule has 0 aliphatic rings. The molecule has 0 saturated heterocycles. The van der Waals surface area contributed by atoms with Crippen LogP contribution in [0.15, 0.2) is 38.6 Å². The smallest absolute Gasteiger partial charge is 0.332 e. The number of rotatable bonds is 7. The van der Waals surface area contributed by atoms with E-state index in [-0.39, 0.29) is 48.0 Å². The molecule has 1 aromatic carbocycles. The topological polar surface area (TPSA) is 104 Å². The quantitative estimate of drug-likeness (QED) is 0.460. The zero-order valence-electron chi connectivity index (χ0n) is 18.8. The van der Waals surface area contributed by atoms with Crippen molar-refractivity contribution in [1.82, 2.24) is 23.1 Å². The van der Waals surface area contributed by atoms with Crippen LogP contribution in [0.1, 0.15) is 44.7 Å². The van der Waals surface area contributed by atoms with Crippen LogP contribution in [0.3, 0.4) is 0 Å². The molecule has 3 aromatic heterocycles. The molecule has 33 heavy (non-hydrogen) atoms. The summed E-state index contributed by atoms with van der Waals surface area (Å²) < 4.78 is 18.5. The van der Waals surface area contributed by atoms with Gasteiger partial charge in [0.05, 0.1) is 12.1 Å². The molecule has 3 heterocycles. The molecule has 4 rings (SSSR count). The fourth-order valence-corrected chi connectivity index (χ4v) is 4.14. The van der Waals surface area contributed by atoms with Crippen LogP contribution in [0.25, 0.3) is 16.9 Å².